The molecule has 0 saturated heterocycles. The molecule has 0 unspecified atom stereocenters. The second kappa shape index (κ2) is 6.61. The summed E-state index contributed by atoms with van der Waals surface area (Å²) in [6, 6.07) is 6.02. The Hall–Kier alpha value is -1.75. The van der Waals surface area contributed by atoms with Crippen molar-refractivity contribution in [3.8, 4) is 0 Å². The molecular formula is C15H23N3O2. The Morgan fingerprint density at radius 1 is 1.50 bits per heavy atom. The molecule has 110 valence electrons. The Balaban J connectivity index is 1.96. The maximum Gasteiger partial charge on any atom is 0.340 e. The molecule has 0 spiro atoms. The quantitative estimate of drug-likeness (QED) is 0.589. The van der Waals surface area contributed by atoms with Gasteiger partial charge in [0.25, 0.3) is 0 Å². The molecule has 0 bridgehead atoms. The highest BCUT2D eigenvalue weighted by Gasteiger charge is 2.27. The zero-order valence-electron chi connectivity index (χ0n) is 12.2. The number of carbonyl (C=O) groups excluding carboxylic acids is 1. The van der Waals surface area contributed by atoms with Gasteiger partial charge in [-0.3, -0.25) is 4.90 Å². The zero-order valence-corrected chi connectivity index (χ0v) is 12.2. The number of likely N-dealkylation sites (N-methyl/N-ethyl adjacent to an activating group) is 1. The zero-order chi connectivity index (χ0) is 14.5. The molecule has 0 aromatic heterocycles. The van der Waals surface area contributed by atoms with Crippen molar-refractivity contribution in [2.45, 2.75) is 25.8 Å². The number of rotatable bonds is 7. The van der Waals surface area contributed by atoms with Gasteiger partial charge in [0.1, 0.15) is 0 Å². The van der Waals surface area contributed by atoms with E-state index >= 15 is 0 Å². The normalized spacial score (nSPS) is 14.3. The Morgan fingerprint density at radius 2 is 2.25 bits per heavy atom. The first kappa shape index (κ1) is 14.7. The van der Waals surface area contributed by atoms with E-state index in [1.807, 2.05) is 6.07 Å². The van der Waals surface area contributed by atoms with Crippen molar-refractivity contribution in [1.82, 2.24) is 4.90 Å². The van der Waals surface area contributed by atoms with Crippen LogP contribution in [0.5, 0.6) is 0 Å². The number of hydrogen-bond acceptors (Lipinski definition) is 5. The standard InChI is InChI=1S/C15H23N3O2/c1-3-18(12-5-6-12)9-8-17-14-7-4-11(16)10-13(14)15(19)20-2/h4,7,10,12,17H,3,5-6,8-9,16H2,1-2H3. The van der Waals surface area contributed by atoms with Crippen LogP contribution < -0.4 is 11.1 Å². The fourth-order valence-corrected chi connectivity index (χ4v) is 2.37. The van der Waals surface area contributed by atoms with Crippen LogP contribution in [0, 0.1) is 0 Å². The Bertz CT molecular complexity index is 472. The summed E-state index contributed by atoms with van der Waals surface area (Å²) in [5, 5.41) is 3.31. The molecule has 1 fully saturated rings. The Kier molecular flexibility index (Phi) is 4.84. The third-order valence-corrected chi connectivity index (χ3v) is 3.63. The van der Waals surface area contributed by atoms with E-state index in [1.54, 1.807) is 12.1 Å². The van der Waals surface area contributed by atoms with E-state index in [-0.39, 0.29) is 5.97 Å². The van der Waals surface area contributed by atoms with Gasteiger partial charge in [-0.2, -0.15) is 0 Å². The van der Waals surface area contributed by atoms with Crippen LogP contribution in [0.4, 0.5) is 11.4 Å². The minimum atomic E-state index is -0.366. The summed E-state index contributed by atoms with van der Waals surface area (Å²) in [6.45, 7) is 5.03. The first-order chi connectivity index (χ1) is 9.65. The van der Waals surface area contributed by atoms with Crippen LogP contribution in [-0.2, 0) is 4.74 Å². The number of nitrogens with two attached hydrogens (primary N) is 1. The predicted octanol–water partition coefficient (Wildman–Crippen LogP) is 1.95. The van der Waals surface area contributed by atoms with Gasteiger partial charge in [0, 0.05) is 30.5 Å². The summed E-state index contributed by atoms with van der Waals surface area (Å²) in [6.07, 6.45) is 2.62. The number of nitrogen functional groups attached to an aromatic ring is 1. The van der Waals surface area contributed by atoms with Crippen molar-refractivity contribution in [2.75, 3.05) is 37.8 Å². The van der Waals surface area contributed by atoms with E-state index in [9.17, 15) is 4.79 Å². The Labute approximate surface area is 120 Å². The van der Waals surface area contributed by atoms with Crippen molar-refractivity contribution in [2.24, 2.45) is 0 Å². The molecule has 5 nitrogen and oxygen atoms in total. The number of nitrogens with one attached hydrogen (secondary N) is 1. The third kappa shape index (κ3) is 3.63. The van der Waals surface area contributed by atoms with Gasteiger partial charge >= 0.3 is 5.97 Å². The van der Waals surface area contributed by atoms with Gasteiger partial charge in [-0.15, -0.1) is 0 Å². The molecule has 3 N–H and O–H groups in total. The van der Waals surface area contributed by atoms with Crippen LogP contribution in [0.25, 0.3) is 0 Å². The monoisotopic (exact) mass is 277 g/mol. The average molecular weight is 277 g/mol. The number of carbonyl (C=O) groups is 1. The van der Waals surface area contributed by atoms with Gasteiger partial charge in [-0.05, 0) is 37.6 Å². The second-order valence-electron chi connectivity index (χ2n) is 5.08. The fourth-order valence-electron chi connectivity index (χ4n) is 2.37. The van der Waals surface area contributed by atoms with Crippen LogP contribution in [0.2, 0.25) is 0 Å². The topological polar surface area (TPSA) is 67.6 Å². The minimum absolute atomic E-state index is 0.366. The van der Waals surface area contributed by atoms with Crippen molar-refractivity contribution in [1.29, 1.82) is 0 Å². The molecule has 0 amide bonds. The van der Waals surface area contributed by atoms with Gasteiger partial charge in [0.15, 0.2) is 0 Å². The predicted molar refractivity (Wildman–Crippen MR) is 81.0 cm³/mol. The van der Waals surface area contributed by atoms with Crippen molar-refractivity contribution < 1.29 is 9.53 Å². The van der Waals surface area contributed by atoms with Crippen molar-refractivity contribution in [3.63, 3.8) is 0 Å². The summed E-state index contributed by atoms with van der Waals surface area (Å²) < 4.78 is 4.78. The lowest BCUT2D eigenvalue weighted by Crippen LogP contribution is -2.31. The molecule has 2 rings (SSSR count). The summed E-state index contributed by atoms with van der Waals surface area (Å²) >= 11 is 0. The number of hydrogen-bond donors (Lipinski definition) is 2. The van der Waals surface area contributed by atoms with E-state index in [1.165, 1.54) is 20.0 Å². The average Bonchev–Trinajstić information content (AvgIpc) is 3.28. The SMILES string of the molecule is CCN(CCNc1ccc(N)cc1C(=O)OC)C1CC1. The molecule has 20 heavy (non-hydrogen) atoms. The van der Waals surface area contributed by atoms with E-state index in [2.05, 4.69) is 17.1 Å². The van der Waals surface area contributed by atoms with Crippen LogP contribution in [0.3, 0.4) is 0 Å². The lowest BCUT2D eigenvalue weighted by Gasteiger charge is -2.20. The molecular weight excluding hydrogens is 254 g/mol. The third-order valence-electron chi connectivity index (χ3n) is 3.63. The number of ether oxygens (including phenoxy) is 1. The van der Waals surface area contributed by atoms with E-state index in [4.69, 9.17) is 10.5 Å². The van der Waals surface area contributed by atoms with Crippen LogP contribution in [-0.4, -0.2) is 43.7 Å². The molecule has 1 aromatic carbocycles. The second-order valence-corrected chi connectivity index (χ2v) is 5.08. The summed E-state index contributed by atoms with van der Waals surface area (Å²) in [7, 11) is 1.38. The first-order valence-electron chi connectivity index (χ1n) is 7.11. The van der Waals surface area contributed by atoms with Gasteiger partial charge in [-0.1, -0.05) is 6.92 Å². The number of esters is 1. The van der Waals surface area contributed by atoms with E-state index < -0.39 is 0 Å². The van der Waals surface area contributed by atoms with Crippen LogP contribution in [0.1, 0.15) is 30.1 Å². The van der Waals surface area contributed by atoms with Gasteiger partial charge in [0.2, 0.25) is 0 Å². The van der Waals surface area contributed by atoms with Crippen molar-refractivity contribution in [3.05, 3.63) is 23.8 Å². The van der Waals surface area contributed by atoms with Crippen LogP contribution in [0.15, 0.2) is 18.2 Å². The summed E-state index contributed by atoms with van der Waals surface area (Å²) in [5.41, 5.74) is 7.55. The molecule has 5 heteroatoms. The van der Waals surface area contributed by atoms with Crippen LogP contribution >= 0.6 is 0 Å². The largest absolute Gasteiger partial charge is 0.465 e. The lowest BCUT2D eigenvalue weighted by atomic mass is 10.1. The molecule has 0 radical (unpaired) electrons. The van der Waals surface area contributed by atoms with Gasteiger partial charge < -0.3 is 15.8 Å². The minimum Gasteiger partial charge on any atom is -0.465 e. The first-order valence-corrected chi connectivity index (χ1v) is 7.11. The highest BCUT2D eigenvalue weighted by Crippen LogP contribution is 2.26. The highest BCUT2D eigenvalue weighted by molar-refractivity contribution is 5.96. The fraction of sp³-hybridized carbons (Fsp3) is 0.533. The van der Waals surface area contributed by atoms with Gasteiger partial charge in [0.05, 0.1) is 12.7 Å². The molecule has 0 heterocycles. The van der Waals surface area contributed by atoms with Crippen molar-refractivity contribution >= 4 is 17.3 Å². The molecule has 0 aliphatic heterocycles. The van der Waals surface area contributed by atoms with E-state index in [0.29, 0.717) is 11.3 Å². The summed E-state index contributed by atoms with van der Waals surface area (Å²) in [4.78, 5) is 14.2. The number of nitrogens with zero attached hydrogens (tertiary/aromatic N) is 1. The smallest absolute Gasteiger partial charge is 0.340 e. The number of benzene rings is 1. The Morgan fingerprint density at radius 3 is 2.85 bits per heavy atom. The molecule has 1 saturated carbocycles. The maximum atomic E-state index is 11.7. The van der Waals surface area contributed by atoms with Gasteiger partial charge in [-0.25, -0.2) is 4.79 Å². The molecule has 0 atom stereocenters. The number of methoxy groups -OCH3 is 1. The van der Waals surface area contributed by atoms with E-state index in [0.717, 1.165) is 31.4 Å². The molecule has 1 aliphatic rings. The maximum absolute atomic E-state index is 11.7. The number of anilines is 2. The summed E-state index contributed by atoms with van der Waals surface area (Å²) in [5.74, 6) is -0.366. The lowest BCUT2D eigenvalue weighted by molar-refractivity contribution is 0.0602. The molecule has 1 aromatic rings. The molecule has 1 aliphatic carbocycles. The highest BCUT2D eigenvalue weighted by atomic mass is 16.5.